The highest BCUT2D eigenvalue weighted by atomic mass is 35.5. The summed E-state index contributed by atoms with van der Waals surface area (Å²) in [5.41, 5.74) is -0.713. The number of nitrogens with zero attached hydrogens (tertiary/aromatic N) is 4. The average Bonchev–Trinajstić information content (AvgIpc) is 3.20. The van der Waals surface area contributed by atoms with Gasteiger partial charge in [-0.2, -0.15) is 0 Å². The van der Waals surface area contributed by atoms with Crippen LogP contribution in [0.25, 0.3) is 0 Å². The second-order valence-corrected chi connectivity index (χ2v) is 7.42. The number of benzene rings is 2. The average molecular weight is 496 g/mol. The molecular weight excluding hydrogens is 481 g/mol. The van der Waals surface area contributed by atoms with E-state index >= 15 is 0 Å². The van der Waals surface area contributed by atoms with Crippen molar-refractivity contribution in [2.45, 2.75) is 13.0 Å². The van der Waals surface area contributed by atoms with Crippen molar-refractivity contribution in [1.82, 2.24) is 9.78 Å². The molecule has 1 heterocycles. The van der Waals surface area contributed by atoms with Crippen LogP contribution in [0.5, 0.6) is 17.4 Å². The molecule has 1 amide bonds. The third-order valence-corrected chi connectivity index (χ3v) is 4.87. The number of non-ortho nitro benzene ring substituents is 1. The summed E-state index contributed by atoms with van der Waals surface area (Å²) in [6, 6.07) is 7.09. The summed E-state index contributed by atoms with van der Waals surface area (Å²) in [7, 11) is 1.21. The summed E-state index contributed by atoms with van der Waals surface area (Å²) >= 11 is 11.9. The maximum atomic E-state index is 12.7. The zero-order valence-electron chi connectivity index (χ0n) is 17.0. The highest BCUT2D eigenvalue weighted by Crippen LogP contribution is 2.35. The van der Waals surface area contributed by atoms with E-state index in [4.69, 9.17) is 32.7 Å². The molecule has 0 bridgehead atoms. The number of carbonyl (C=O) groups excluding carboxylic acids is 1. The fraction of sp³-hybridized carbons (Fsp3) is 0.158. The van der Waals surface area contributed by atoms with Gasteiger partial charge in [0.15, 0.2) is 0 Å². The molecule has 33 heavy (non-hydrogen) atoms. The number of nitro benzene ring substituents is 1. The van der Waals surface area contributed by atoms with E-state index < -0.39 is 27.5 Å². The Morgan fingerprint density at radius 1 is 1.15 bits per heavy atom. The van der Waals surface area contributed by atoms with Gasteiger partial charge in [0.2, 0.25) is 5.91 Å². The van der Waals surface area contributed by atoms with E-state index in [9.17, 15) is 25.0 Å². The van der Waals surface area contributed by atoms with E-state index in [0.29, 0.717) is 5.02 Å². The molecule has 1 unspecified atom stereocenters. The zero-order valence-corrected chi connectivity index (χ0v) is 18.5. The Bertz CT molecular complexity index is 1250. The number of hydrogen-bond acceptors (Lipinski definition) is 8. The minimum absolute atomic E-state index is 0.0350. The largest absolute Gasteiger partial charge is 0.475 e. The van der Waals surface area contributed by atoms with Crippen LogP contribution in [-0.2, 0) is 4.79 Å². The Kier molecular flexibility index (Phi) is 6.99. The van der Waals surface area contributed by atoms with Crippen molar-refractivity contribution < 1.29 is 24.1 Å². The summed E-state index contributed by atoms with van der Waals surface area (Å²) in [6.45, 7) is 1.44. The zero-order chi connectivity index (χ0) is 24.3. The first-order valence-corrected chi connectivity index (χ1v) is 9.85. The number of ether oxygens (including phenoxy) is 2. The molecule has 0 aliphatic heterocycles. The molecule has 0 saturated heterocycles. The fourth-order valence-corrected chi connectivity index (χ4v) is 3.15. The molecule has 172 valence electrons. The molecule has 0 spiro atoms. The maximum Gasteiger partial charge on any atom is 0.350 e. The molecule has 0 aliphatic carbocycles. The van der Waals surface area contributed by atoms with Crippen molar-refractivity contribution in [2.75, 3.05) is 12.4 Å². The quantitative estimate of drug-likeness (QED) is 0.338. The van der Waals surface area contributed by atoms with Gasteiger partial charge >= 0.3 is 11.6 Å². The number of methoxy groups -OCH3 is 1. The second kappa shape index (κ2) is 9.71. The lowest BCUT2D eigenvalue weighted by molar-refractivity contribution is -0.385. The molecule has 2 aromatic carbocycles. The lowest BCUT2D eigenvalue weighted by atomic mass is 10.2. The molecule has 0 radical (unpaired) electrons. The van der Waals surface area contributed by atoms with Crippen LogP contribution in [0.15, 0.2) is 42.6 Å². The highest BCUT2D eigenvalue weighted by Gasteiger charge is 2.25. The molecular formula is C19H15Cl2N5O7. The van der Waals surface area contributed by atoms with E-state index in [1.807, 2.05) is 0 Å². The van der Waals surface area contributed by atoms with Gasteiger partial charge in [-0.05, 0) is 25.1 Å². The van der Waals surface area contributed by atoms with Gasteiger partial charge in [-0.15, -0.1) is 5.10 Å². The third-order valence-electron chi connectivity index (χ3n) is 4.34. The Hall–Kier alpha value is -3.90. The van der Waals surface area contributed by atoms with E-state index in [0.717, 1.165) is 23.0 Å². The molecule has 0 fully saturated rings. The summed E-state index contributed by atoms with van der Waals surface area (Å²) in [5, 5.41) is 29.4. The van der Waals surface area contributed by atoms with E-state index in [1.54, 1.807) is 0 Å². The molecule has 14 heteroatoms. The Labute approximate surface area is 195 Å². The third kappa shape index (κ3) is 5.48. The van der Waals surface area contributed by atoms with Gasteiger partial charge in [0.05, 0.1) is 33.7 Å². The molecule has 0 saturated carbocycles. The lowest BCUT2D eigenvalue weighted by Crippen LogP contribution is -2.24. The number of nitrogens with one attached hydrogen (secondary N) is 1. The standard InChI is InChI=1S/C19H15Cl2N5O7/c1-10(24-9-16(26(30)31)19(23-24)32-2)18(27)22-12-6-13(25(28)29)8-14(7-12)33-17-4-3-11(20)5-15(17)21/h3-10H,1-2H3,(H,22,27). The number of anilines is 1. The number of nitro groups is 2. The smallest absolute Gasteiger partial charge is 0.350 e. The van der Waals surface area contributed by atoms with Crippen LogP contribution in [0, 0.1) is 20.2 Å². The summed E-state index contributed by atoms with van der Waals surface area (Å²) in [4.78, 5) is 33.8. The van der Waals surface area contributed by atoms with Crippen molar-refractivity contribution in [3.63, 3.8) is 0 Å². The second-order valence-electron chi connectivity index (χ2n) is 6.58. The number of halogens is 2. The van der Waals surface area contributed by atoms with Crippen LogP contribution < -0.4 is 14.8 Å². The Balaban J connectivity index is 1.87. The summed E-state index contributed by atoms with van der Waals surface area (Å²) < 4.78 is 11.5. The van der Waals surface area contributed by atoms with Crippen LogP contribution in [0.4, 0.5) is 17.1 Å². The van der Waals surface area contributed by atoms with Gasteiger partial charge in [-0.1, -0.05) is 23.2 Å². The number of aromatic nitrogens is 2. The van der Waals surface area contributed by atoms with Crippen LogP contribution in [-0.4, -0.2) is 32.6 Å². The summed E-state index contributed by atoms with van der Waals surface area (Å²) in [6.07, 6.45) is 1.05. The van der Waals surface area contributed by atoms with Crippen LogP contribution in [0.2, 0.25) is 10.0 Å². The topological polar surface area (TPSA) is 152 Å². The van der Waals surface area contributed by atoms with Gasteiger partial charge < -0.3 is 14.8 Å². The predicted octanol–water partition coefficient (Wildman–Crippen LogP) is 5.01. The van der Waals surface area contributed by atoms with Crippen LogP contribution in [0.1, 0.15) is 13.0 Å². The fourth-order valence-electron chi connectivity index (χ4n) is 2.71. The molecule has 0 aliphatic rings. The van der Waals surface area contributed by atoms with Crippen LogP contribution >= 0.6 is 23.2 Å². The Morgan fingerprint density at radius 3 is 2.45 bits per heavy atom. The SMILES string of the molecule is COc1nn(C(C)C(=O)Nc2cc(Oc3ccc(Cl)cc3Cl)cc([N+](=O)[O-])c2)cc1[N+](=O)[O-]. The van der Waals surface area contributed by atoms with Gasteiger partial charge in [-0.3, -0.25) is 25.0 Å². The first-order chi connectivity index (χ1) is 15.6. The molecule has 1 aromatic heterocycles. The van der Waals surface area contributed by atoms with Crippen LogP contribution in [0.3, 0.4) is 0 Å². The molecule has 3 aromatic rings. The van der Waals surface area contributed by atoms with Gasteiger partial charge in [0.1, 0.15) is 23.7 Å². The van der Waals surface area contributed by atoms with Crippen molar-refractivity contribution in [3.8, 4) is 17.4 Å². The number of amides is 1. The number of carbonyl (C=O) groups is 1. The molecule has 3 rings (SSSR count). The van der Waals surface area contributed by atoms with Gasteiger partial charge in [0.25, 0.3) is 5.69 Å². The molecule has 1 atom stereocenters. The van der Waals surface area contributed by atoms with Crippen molar-refractivity contribution in [3.05, 3.63) is 72.9 Å². The number of rotatable bonds is 8. The highest BCUT2D eigenvalue weighted by molar-refractivity contribution is 6.35. The number of hydrogen-bond donors (Lipinski definition) is 1. The first kappa shape index (κ1) is 23.8. The minimum atomic E-state index is -1.01. The van der Waals surface area contributed by atoms with Gasteiger partial charge in [-0.25, -0.2) is 4.68 Å². The maximum absolute atomic E-state index is 12.7. The lowest BCUT2D eigenvalue weighted by Gasteiger charge is -2.14. The van der Waals surface area contributed by atoms with Crippen molar-refractivity contribution in [2.24, 2.45) is 0 Å². The monoisotopic (exact) mass is 495 g/mol. The Morgan fingerprint density at radius 2 is 1.88 bits per heavy atom. The predicted molar refractivity (Wildman–Crippen MR) is 118 cm³/mol. The van der Waals surface area contributed by atoms with E-state index in [-0.39, 0.29) is 33.8 Å². The summed E-state index contributed by atoms with van der Waals surface area (Å²) in [5.74, 6) is -0.674. The van der Waals surface area contributed by atoms with Crippen molar-refractivity contribution >= 4 is 46.2 Å². The molecule has 12 nitrogen and oxygen atoms in total. The van der Waals surface area contributed by atoms with E-state index in [1.165, 1.54) is 38.3 Å². The first-order valence-electron chi connectivity index (χ1n) is 9.10. The van der Waals surface area contributed by atoms with E-state index in [2.05, 4.69) is 10.4 Å². The van der Waals surface area contributed by atoms with Gasteiger partial charge in [0, 0.05) is 17.2 Å². The normalized spacial score (nSPS) is 11.5. The minimum Gasteiger partial charge on any atom is -0.475 e. The van der Waals surface area contributed by atoms with Crippen molar-refractivity contribution in [1.29, 1.82) is 0 Å². The molecule has 1 N–H and O–H groups in total.